The summed E-state index contributed by atoms with van der Waals surface area (Å²) in [6.45, 7) is 8.72. The molecule has 0 bridgehead atoms. The molecule has 1 aliphatic heterocycles. The third kappa shape index (κ3) is 5.35. The van der Waals surface area contributed by atoms with Gasteiger partial charge in [-0.15, -0.1) is 0 Å². The highest BCUT2D eigenvalue weighted by Gasteiger charge is 2.24. The van der Waals surface area contributed by atoms with Crippen LogP contribution >= 0.6 is 0 Å². The zero-order valence-electron chi connectivity index (χ0n) is 20.2. The minimum atomic E-state index is -0.236. The minimum absolute atomic E-state index is 0.0326. The maximum Gasteiger partial charge on any atom is 0.244 e. The van der Waals surface area contributed by atoms with E-state index in [0.29, 0.717) is 49.4 Å². The SMILES string of the molecule is COc1cnc(N2CCN(C(=O)Cn3nc(-c4ccc(F)c(C)c4)cc3CC(C)C)CC2)nc1. The molecule has 3 aromatic rings. The Hall–Kier alpha value is -3.49. The van der Waals surface area contributed by atoms with E-state index < -0.39 is 0 Å². The lowest BCUT2D eigenvalue weighted by Crippen LogP contribution is -2.50. The monoisotopic (exact) mass is 466 g/mol. The fourth-order valence-corrected chi connectivity index (χ4v) is 4.08. The Kier molecular flexibility index (Phi) is 7.09. The second-order valence-electron chi connectivity index (χ2n) is 9.03. The van der Waals surface area contributed by atoms with Crippen molar-refractivity contribution in [1.29, 1.82) is 0 Å². The van der Waals surface area contributed by atoms with Crippen molar-refractivity contribution in [3.05, 3.63) is 53.7 Å². The lowest BCUT2D eigenvalue weighted by Gasteiger charge is -2.34. The molecular formula is C25H31FN6O2. The van der Waals surface area contributed by atoms with E-state index in [-0.39, 0.29) is 18.3 Å². The normalized spacial score (nSPS) is 14.1. The first-order valence-corrected chi connectivity index (χ1v) is 11.6. The Balaban J connectivity index is 1.44. The van der Waals surface area contributed by atoms with E-state index in [2.05, 4.69) is 28.7 Å². The molecule has 0 radical (unpaired) electrons. The summed E-state index contributed by atoms with van der Waals surface area (Å²) in [7, 11) is 1.58. The number of hydrogen-bond acceptors (Lipinski definition) is 6. The van der Waals surface area contributed by atoms with Crippen molar-refractivity contribution in [2.24, 2.45) is 5.92 Å². The van der Waals surface area contributed by atoms with Crippen molar-refractivity contribution in [3.63, 3.8) is 0 Å². The Bertz CT molecular complexity index is 1140. The molecule has 9 heteroatoms. The fraction of sp³-hybridized carbons (Fsp3) is 0.440. The van der Waals surface area contributed by atoms with Crippen LogP contribution in [0.2, 0.25) is 0 Å². The molecule has 0 unspecified atom stereocenters. The molecule has 0 atom stereocenters. The van der Waals surface area contributed by atoms with Gasteiger partial charge in [0.1, 0.15) is 12.4 Å². The number of aromatic nitrogens is 4. The highest BCUT2D eigenvalue weighted by Crippen LogP contribution is 2.23. The molecule has 8 nitrogen and oxygen atoms in total. The molecule has 1 saturated heterocycles. The Morgan fingerprint density at radius 2 is 1.82 bits per heavy atom. The van der Waals surface area contributed by atoms with Crippen molar-refractivity contribution >= 4 is 11.9 Å². The standard InChI is InChI=1S/C25H31FN6O2/c1-17(2)11-20-13-23(19-5-6-22(26)18(3)12-19)29-32(20)16-24(33)30-7-9-31(10-8-30)25-27-14-21(34-4)15-28-25/h5-6,12-15,17H,7-11,16H2,1-4H3. The Labute approximate surface area is 199 Å². The van der Waals surface area contributed by atoms with Gasteiger partial charge in [-0.3, -0.25) is 9.48 Å². The predicted octanol–water partition coefficient (Wildman–Crippen LogP) is 3.34. The molecule has 1 fully saturated rings. The summed E-state index contributed by atoms with van der Waals surface area (Å²) in [6.07, 6.45) is 4.10. The smallest absolute Gasteiger partial charge is 0.244 e. The predicted molar refractivity (Wildman–Crippen MR) is 128 cm³/mol. The Morgan fingerprint density at radius 1 is 1.12 bits per heavy atom. The second kappa shape index (κ2) is 10.2. The van der Waals surface area contributed by atoms with Crippen LogP contribution in [0.5, 0.6) is 5.75 Å². The summed E-state index contributed by atoms with van der Waals surface area (Å²) < 4.78 is 20.6. The molecule has 0 spiro atoms. The molecule has 180 valence electrons. The van der Waals surface area contributed by atoms with E-state index in [1.807, 2.05) is 11.0 Å². The van der Waals surface area contributed by atoms with Gasteiger partial charge in [0.2, 0.25) is 11.9 Å². The van der Waals surface area contributed by atoms with Crippen LogP contribution in [0, 0.1) is 18.7 Å². The molecule has 1 amide bonds. The van der Waals surface area contributed by atoms with Gasteiger partial charge in [0, 0.05) is 37.4 Å². The zero-order chi connectivity index (χ0) is 24.2. The number of nitrogens with zero attached hydrogens (tertiary/aromatic N) is 6. The molecule has 1 aromatic carbocycles. The average molecular weight is 467 g/mol. The number of halogens is 1. The summed E-state index contributed by atoms with van der Waals surface area (Å²) in [5.74, 6) is 1.47. The zero-order valence-corrected chi connectivity index (χ0v) is 20.2. The van der Waals surface area contributed by atoms with Crippen molar-refractivity contribution in [2.75, 3.05) is 38.2 Å². The van der Waals surface area contributed by atoms with Crippen LogP contribution in [0.15, 0.2) is 36.7 Å². The van der Waals surface area contributed by atoms with E-state index >= 15 is 0 Å². The minimum Gasteiger partial charge on any atom is -0.494 e. The number of hydrogen-bond donors (Lipinski definition) is 0. The molecule has 0 aliphatic carbocycles. The van der Waals surface area contributed by atoms with E-state index in [1.54, 1.807) is 43.2 Å². The van der Waals surface area contributed by atoms with Crippen LogP contribution in [0.3, 0.4) is 0 Å². The first-order valence-electron chi connectivity index (χ1n) is 11.6. The third-order valence-electron chi connectivity index (χ3n) is 5.98. The maximum atomic E-state index is 13.7. The summed E-state index contributed by atoms with van der Waals surface area (Å²) in [6, 6.07) is 7.00. The van der Waals surface area contributed by atoms with Gasteiger partial charge in [0.25, 0.3) is 0 Å². The van der Waals surface area contributed by atoms with Crippen LogP contribution in [-0.2, 0) is 17.8 Å². The number of anilines is 1. The van der Waals surface area contributed by atoms with Gasteiger partial charge in [-0.2, -0.15) is 5.10 Å². The van der Waals surface area contributed by atoms with Crippen molar-refractivity contribution in [2.45, 2.75) is 33.7 Å². The van der Waals surface area contributed by atoms with Gasteiger partial charge in [-0.05, 0) is 49.1 Å². The van der Waals surface area contributed by atoms with E-state index in [9.17, 15) is 9.18 Å². The first kappa shape index (κ1) is 23.7. The highest BCUT2D eigenvalue weighted by atomic mass is 19.1. The molecule has 34 heavy (non-hydrogen) atoms. The van der Waals surface area contributed by atoms with E-state index in [1.165, 1.54) is 6.07 Å². The van der Waals surface area contributed by atoms with Gasteiger partial charge in [0.15, 0.2) is 5.75 Å². The van der Waals surface area contributed by atoms with Crippen molar-refractivity contribution < 1.29 is 13.9 Å². The third-order valence-corrected chi connectivity index (χ3v) is 5.98. The Morgan fingerprint density at radius 3 is 2.44 bits per heavy atom. The van der Waals surface area contributed by atoms with Crippen molar-refractivity contribution in [1.82, 2.24) is 24.6 Å². The highest BCUT2D eigenvalue weighted by molar-refractivity contribution is 5.76. The number of amides is 1. The van der Waals surface area contributed by atoms with Crippen LogP contribution in [0.25, 0.3) is 11.3 Å². The number of aryl methyl sites for hydroxylation is 1. The fourth-order valence-electron chi connectivity index (χ4n) is 4.08. The first-order chi connectivity index (χ1) is 16.3. The summed E-state index contributed by atoms with van der Waals surface area (Å²) in [5, 5.41) is 4.72. The van der Waals surface area contributed by atoms with E-state index in [4.69, 9.17) is 9.84 Å². The van der Waals surface area contributed by atoms with Crippen molar-refractivity contribution in [3.8, 4) is 17.0 Å². The number of carbonyl (C=O) groups is 1. The molecule has 3 heterocycles. The van der Waals surface area contributed by atoms with Crippen LogP contribution in [0.1, 0.15) is 25.1 Å². The van der Waals surface area contributed by atoms with E-state index in [0.717, 1.165) is 23.4 Å². The number of benzene rings is 1. The summed E-state index contributed by atoms with van der Waals surface area (Å²) in [5.41, 5.74) is 3.19. The molecule has 1 aliphatic rings. The second-order valence-corrected chi connectivity index (χ2v) is 9.03. The topological polar surface area (TPSA) is 76.4 Å². The van der Waals surface area contributed by atoms with Crippen LogP contribution in [-0.4, -0.2) is 63.8 Å². The molecule has 0 N–H and O–H groups in total. The largest absolute Gasteiger partial charge is 0.494 e. The quantitative estimate of drug-likeness (QED) is 0.532. The maximum absolute atomic E-state index is 13.7. The number of ether oxygens (including phenoxy) is 1. The molecule has 2 aromatic heterocycles. The lowest BCUT2D eigenvalue weighted by molar-refractivity contribution is -0.132. The molecule has 4 rings (SSSR count). The number of rotatable bonds is 7. The summed E-state index contributed by atoms with van der Waals surface area (Å²) >= 11 is 0. The summed E-state index contributed by atoms with van der Waals surface area (Å²) in [4.78, 5) is 25.7. The molecule has 0 saturated carbocycles. The number of piperazine rings is 1. The lowest BCUT2D eigenvalue weighted by atomic mass is 10.1. The number of methoxy groups -OCH3 is 1. The van der Waals surface area contributed by atoms with Gasteiger partial charge in [0.05, 0.1) is 25.2 Å². The van der Waals surface area contributed by atoms with Gasteiger partial charge in [-0.25, -0.2) is 14.4 Å². The number of carbonyl (C=O) groups excluding carboxylic acids is 1. The average Bonchev–Trinajstić information content (AvgIpc) is 3.22. The molecular weight excluding hydrogens is 435 g/mol. The van der Waals surface area contributed by atoms with Crippen LogP contribution < -0.4 is 9.64 Å². The van der Waals surface area contributed by atoms with Gasteiger partial charge in [-0.1, -0.05) is 13.8 Å². The van der Waals surface area contributed by atoms with Gasteiger partial charge < -0.3 is 14.5 Å². The van der Waals surface area contributed by atoms with Gasteiger partial charge >= 0.3 is 0 Å². The van der Waals surface area contributed by atoms with Crippen LogP contribution in [0.4, 0.5) is 10.3 Å².